The zero-order valence-electron chi connectivity index (χ0n) is 9.69. The average Bonchev–Trinajstić information content (AvgIpc) is 2.25. The fraction of sp³-hybridized carbons (Fsp3) is 0.417. The molecule has 0 saturated carbocycles. The highest BCUT2D eigenvalue weighted by Crippen LogP contribution is 2.30. The minimum absolute atomic E-state index is 0.0872. The Morgan fingerprint density at radius 3 is 2.69 bits per heavy atom. The molecule has 0 saturated heterocycles. The molecule has 1 rings (SSSR count). The molecule has 0 radical (unpaired) electrons. The summed E-state index contributed by atoms with van der Waals surface area (Å²) in [7, 11) is 1.64. The molecule has 0 atom stereocenters. The van der Waals surface area contributed by atoms with Crippen LogP contribution in [0, 0.1) is 0 Å². The van der Waals surface area contributed by atoms with Crippen LogP contribution in [0.15, 0.2) is 23.1 Å². The van der Waals surface area contributed by atoms with Crippen LogP contribution in [0.25, 0.3) is 0 Å². The molecule has 0 aliphatic heterocycles. The fourth-order valence-electron chi connectivity index (χ4n) is 1.40. The molecule has 0 heterocycles. The van der Waals surface area contributed by atoms with E-state index < -0.39 is 5.97 Å². The molecule has 1 aromatic rings. The molecule has 0 spiro atoms. The van der Waals surface area contributed by atoms with E-state index in [4.69, 9.17) is 9.84 Å². The van der Waals surface area contributed by atoms with Crippen molar-refractivity contribution >= 4 is 17.7 Å². The van der Waals surface area contributed by atoms with Crippen molar-refractivity contribution in [1.29, 1.82) is 0 Å². The molecular formula is C12H16O3S. The maximum absolute atomic E-state index is 10.5. The highest BCUT2D eigenvalue weighted by molar-refractivity contribution is 8.00. The highest BCUT2D eigenvalue weighted by Gasteiger charge is 2.09. The Labute approximate surface area is 99.8 Å². The second-order valence-electron chi connectivity index (χ2n) is 3.74. The minimum atomic E-state index is -0.799. The number of methoxy groups -OCH3 is 1. The molecule has 0 amide bonds. The second kappa shape index (κ2) is 5.80. The van der Waals surface area contributed by atoms with Gasteiger partial charge in [0.2, 0.25) is 0 Å². The van der Waals surface area contributed by atoms with Crippen molar-refractivity contribution in [3.63, 3.8) is 0 Å². The van der Waals surface area contributed by atoms with Crippen LogP contribution >= 0.6 is 11.8 Å². The Balaban J connectivity index is 2.89. The van der Waals surface area contributed by atoms with Crippen LogP contribution in [0.1, 0.15) is 25.3 Å². The Morgan fingerprint density at radius 1 is 1.50 bits per heavy atom. The summed E-state index contributed by atoms with van der Waals surface area (Å²) in [6, 6.07) is 5.77. The Morgan fingerprint density at radius 2 is 2.19 bits per heavy atom. The topological polar surface area (TPSA) is 46.5 Å². The summed E-state index contributed by atoms with van der Waals surface area (Å²) in [6.45, 7) is 4.17. The Bertz CT molecular complexity index is 375. The van der Waals surface area contributed by atoms with Gasteiger partial charge in [0, 0.05) is 4.90 Å². The van der Waals surface area contributed by atoms with Crippen molar-refractivity contribution in [3.05, 3.63) is 23.8 Å². The summed E-state index contributed by atoms with van der Waals surface area (Å²) in [4.78, 5) is 11.4. The third-order valence-corrected chi connectivity index (χ3v) is 3.16. The Kier molecular flexibility index (Phi) is 4.68. The molecular weight excluding hydrogens is 224 g/mol. The van der Waals surface area contributed by atoms with Gasteiger partial charge in [0.25, 0.3) is 0 Å². The van der Waals surface area contributed by atoms with Gasteiger partial charge in [0.15, 0.2) is 0 Å². The van der Waals surface area contributed by atoms with E-state index in [0.29, 0.717) is 5.92 Å². The summed E-state index contributed by atoms with van der Waals surface area (Å²) >= 11 is 1.32. The second-order valence-corrected chi connectivity index (χ2v) is 4.79. The van der Waals surface area contributed by atoms with E-state index in [1.54, 1.807) is 7.11 Å². The number of thioether (sulfide) groups is 1. The molecule has 0 aliphatic rings. The van der Waals surface area contributed by atoms with E-state index in [1.807, 2.05) is 18.2 Å². The van der Waals surface area contributed by atoms with Gasteiger partial charge in [0.1, 0.15) is 5.75 Å². The van der Waals surface area contributed by atoms with Crippen molar-refractivity contribution in [2.75, 3.05) is 12.9 Å². The predicted octanol–water partition coefficient (Wildman–Crippen LogP) is 3.00. The quantitative estimate of drug-likeness (QED) is 0.804. The van der Waals surface area contributed by atoms with Gasteiger partial charge < -0.3 is 9.84 Å². The van der Waals surface area contributed by atoms with E-state index in [9.17, 15) is 4.79 Å². The molecule has 0 bridgehead atoms. The van der Waals surface area contributed by atoms with Crippen molar-refractivity contribution in [1.82, 2.24) is 0 Å². The van der Waals surface area contributed by atoms with Crippen molar-refractivity contribution in [2.45, 2.75) is 24.7 Å². The van der Waals surface area contributed by atoms with Crippen LogP contribution in [-0.4, -0.2) is 23.9 Å². The maximum Gasteiger partial charge on any atom is 0.313 e. The van der Waals surface area contributed by atoms with Crippen LogP contribution in [0.3, 0.4) is 0 Å². The molecule has 16 heavy (non-hydrogen) atoms. The number of hydrogen-bond donors (Lipinski definition) is 1. The molecule has 0 fully saturated rings. The summed E-state index contributed by atoms with van der Waals surface area (Å²) in [5, 5.41) is 8.61. The number of carboxylic acids is 1. The molecule has 3 nitrogen and oxygen atoms in total. The van der Waals surface area contributed by atoms with Crippen LogP contribution in [0.5, 0.6) is 5.75 Å². The van der Waals surface area contributed by atoms with Gasteiger partial charge in [-0.3, -0.25) is 4.79 Å². The van der Waals surface area contributed by atoms with E-state index >= 15 is 0 Å². The standard InChI is InChI=1S/C12H16O3S/c1-8(2)10-6-9(16-7-12(13)14)4-5-11(10)15-3/h4-6,8H,7H2,1-3H3,(H,13,14). The van der Waals surface area contributed by atoms with E-state index in [0.717, 1.165) is 16.2 Å². The fourth-order valence-corrected chi connectivity index (χ4v) is 2.06. The van der Waals surface area contributed by atoms with E-state index in [1.165, 1.54) is 11.8 Å². The van der Waals surface area contributed by atoms with Gasteiger partial charge in [-0.25, -0.2) is 0 Å². The smallest absolute Gasteiger partial charge is 0.313 e. The van der Waals surface area contributed by atoms with Crippen LogP contribution < -0.4 is 4.74 Å². The first-order chi connectivity index (χ1) is 7.54. The van der Waals surface area contributed by atoms with Crippen molar-refractivity contribution in [2.24, 2.45) is 0 Å². The lowest BCUT2D eigenvalue weighted by molar-refractivity contribution is -0.133. The number of benzene rings is 1. The van der Waals surface area contributed by atoms with Gasteiger partial charge in [-0.2, -0.15) is 0 Å². The number of carboxylic acid groups (broad SMARTS) is 1. The van der Waals surface area contributed by atoms with Crippen molar-refractivity contribution < 1.29 is 14.6 Å². The van der Waals surface area contributed by atoms with Gasteiger partial charge in [-0.15, -0.1) is 11.8 Å². The van der Waals surface area contributed by atoms with Gasteiger partial charge in [-0.05, 0) is 29.7 Å². The van der Waals surface area contributed by atoms with Crippen LogP contribution in [-0.2, 0) is 4.79 Å². The number of rotatable bonds is 5. The van der Waals surface area contributed by atoms with Crippen LogP contribution in [0.4, 0.5) is 0 Å². The number of aliphatic carboxylic acids is 1. The molecule has 88 valence electrons. The third kappa shape index (κ3) is 3.45. The van der Waals surface area contributed by atoms with Gasteiger partial charge >= 0.3 is 5.97 Å². The summed E-state index contributed by atoms with van der Waals surface area (Å²) < 4.78 is 5.26. The lowest BCUT2D eigenvalue weighted by Gasteiger charge is -2.12. The molecule has 0 unspecified atom stereocenters. The maximum atomic E-state index is 10.5. The number of ether oxygens (including phenoxy) is 1. The average molecular weight is 240 g/mol. The zero-order chi connectivity index (χ0) is 12.1. The summed E-state index contributed by atoms with van der Waals surface area (Å²) in [5.74, 6) is 0.506. The largest absolute Gasteiger partial charge is 0.496 e. The normalized spacial score (nSPS) is 10.5. The summed E-state index contributed by atoms with van der Waals surface area (Å²) in [6.07, 6.45) is 0. The van der Waals surface area contributed by atoms with Crippen LogP contribution in [0.2, 0.25) is 0 Å². The third-order valence-electron chi connectivity index (χ3n) is 2.19. The first kappa shape index (κ1) is 12.9. The van der Waals surface area contributed by atoms with Gasteiger partial charge in [-0.1, -0.05) is 13.8 Å². The number of hydrogen-bond acceptors (Lipinski definition) is 3. The molecule has 1 N–H and O–H groups in total. The number of carbonyl (C=O) groups is 1. The lowest BCUT2D eigenvalue weighted by atomic mass is 10.0. The summed E-state index contributed by atoms with van der Waals surface area (Å²) in [5.41, 5.74) is 1.11. The van der Waals surface area contributed by atoms with Gasteiger partial charge in [0.05, 0.1) is 12.9 Å². The monoisotopic (exact) mass is 240 g/mol. The molecule has 0 aliphatic carbocycles. The molecule has 1 aromatic carbocycles. The first-order valence-corrected chi connectivity index (χ1v) is 6.05. The van der Waals surface area contributed by atoms with E-state index in [2.05, 4.69) is 13.8 Å². The molecule has 4 heteroatoms. The minimum Gasteiger partial charge on any atom is -0.496 e. The van der Waals surface area contributed by atoms with Crippen molar-refractivity contribution in [3.8, 4) is 5.75 Å². The zero-order valence-corrected chi connectivity index (χ0v) is 10.5. The van der Waals surface area contributed by atoms with E-state index in [-0.39, 0.29) is 5.75 Å². The predicted molar refractivity (Wildman–Crippen MR) is 65.4 cm³/mol. The molecule has 0 aromatic heterocycles. The SMILES string of the molecule is COc1ccc(SCC(=O)O)cc1C(C)C. The Hall–Kier alpha value is -1.16. The lowest BCUT2D eigenvalue weighted by Crippen LogP contribution is -1.98. The first-order valence-electron chi connectivity index (χ1n) is 5.07. The highest BCUT2D eigenvalue weighted by atomic mass is 32.2.